The minimum Gasteiger partial charge on any atom is -0.627 e. The first-order valence-corrected chi connectivity index (χ1v) is 5.98. The van der Waals surface area contributed by atoms with Gasteiger partial charge in [0.25, 0.3) is 0 Å². The fourth-order valence-electron chi connectivity index (χ4n) is 2.53. The minimum atomic E-state index is -0.224. The second kappa shape index (κ2) is 3.99. The van der Waals surface area contributed by atoms with Crippen LogP contribution in [-0.2, 0) is 13.0 Å². The monoisotopic (exact) mass is 225 g/mol. The van der Waals surface area contributed by atoms with Crippen LogP contribution in [0, 0.1) is 5.21 Å². The number of hydrogen-bond acceptors (Lipinski definition) is 1. The quantitative estimate of drug-likeness (QED) is 0.539. The molecule has 0 fully saturated rings. The maximum absolute atomic E-state index is 12.8. The van der Waals surface area contributed by atoms with Crippen molar-refractivity contribution in [1.29, 1.82) is 0 Å². The molecule has 1 aliphatic heterocycles. The number of rotatable bonds is 1. The van der Waals surface area contributed by atoms with E-state index in [1.165, 1.54) is 11.1 Å². The van der Waals surface area contributed by atoms with Gasteiger partial charge in [-0.25, -0.2) is 0 Å². The van der Waals surface area contributed by atoms with Gasteiger partial charge in [-0.2, -0.15) is 0 Å². The molecule has 1 atom stereocenters. The first-order valence-electron chi connectivity index (χ1n) is 5.98. The molecule has 17 heavy (non-hydrogen) atoms. The molecule has 0 N–H and O–H groups in total. The smallest absolute Gasteiger partial charge is 0.133 e. The minimum absolute atomic E-state index is 0.224. The molecule has 3 rings (SSSR count). The highest BCUT2D eigenvalue weighted by molar-refractivity contribution is 5.46. The molecule has 86 valence electrons. The summed E-state index contributed by atoms with van der Waals surface area (Å²) >= 11 is 0. The lowest BCUT2D eigenvalue weighted by Gasteiger charge is -2.45. The van der Waals surface area contributed by atoms with Gasteiger partial charge >= 0.3 is 0 Å². The van der Waals surface area contributed by atoms with Crippen molar-refractivity contribution in [3.8, 4) is 0 Å². The maximum atomic E-state index is 12.8. The van der Waals surface area contributed by atoms with Crippen LogP contribution in [0.4, 0.5) is 5.69 Å². The number of fused-ring (bicyclic) bond motifs is 1. The zero-order valence-electron chi connectivity index (χ0n) is 9.67. The lowest BCUT2D eigenvalue weighted by Crippen LogP contribution is -2.46. The number of quaternary nitrogens is 1. The average Bonchev–Trinajstić information content (AvgIpc) is 2.40. The van der Waals surface area contributed by atoms with Crippen LogP contribution in [0.5, 0.6) is 0 Å². The van der Waals surface area contributed by atoms with Crippen LogP contribution in [0.1, 0.15) is 11.1 Å². The number of para-hydroxylation sites is 1. The van der Waals surface area contributed by atoms with E-state index in [4.69, 9.17) is 0 Å². The van der Waals surface area contributed by atoms with Crippen LogP contribution >= 0.6 is 0 Å². The molecule has 0 saturated carbocycles. The van der Waals surface area contributed by atoms with Gasteiger partial charge in [0.1, 0.15) is 12.2 Å². The summed E-state index contributed by atoms with van der Waals surface area (Å²) in [5.41, 5.74) is 3.38. The molecule has 0 aromatic heterocycles. The van der Waals surface area contributed by atoms with E-state index < -0.39 is 0 Å². The van der Waals surface area contributed by atoms with Gasteiger partial charge in [-0.3, -0.25) is 0 Å². The van der Waals surface area contributed by atoms with Gasteiger partial charge in [-0.15, -0.1) is 0 Å². The molecule has 2 nitrogen and oxygen atoms in total. The summed E-state index contributed by atoms with van der Waals surface area (Å²) in [6, 6.07) is 18.0. The molecule has 1 aliphatic rings. The van der Waals surface area contributed by atoms with Gasteiger partial charge in [0, 0.05) is 12.0 Å². The molecule has 0 spiro atoms. The molecule has 1 unspecified atom stereocenters. The average molecular weight is 225 g/mol. The molecule has 0 amide bonds. The molecule has 0 radical (unpaired) electrons. The Morgan fingerprint density at radius 3 is 2.24 bits per heavy atom. The molecule has 2 heteroatoms. The third-order valence-corrected chi connectivity index (χ3v) is 3.51. The van der Waals surface area contributed by atoms with Crippen molar-refractivity contribution in [2.24, 2.45) is 0 Å². The van der Waals surface area contributed by atoms with E-state index in [1.807, 2.05) is 42.5 Å². The molecule has 2 aromatic carbocycles. The molecule has 0 bridgehead atoms. The fraction of sp³-hybridized carbons (Fsp3) is 0.200. The summed E-state index contributed by atoms with van der Waals surface area (Å²) in [6.07, 6.45) is 0.870. The van der Waals surface area contributed by atoms with Crippen LogP contribution in [-0.4, -0.2) is 6.54 Å². The number of hydroxylamine groups is 2. The van der Waals surface area contributed by atoms with Crippen molar-refractivity contribution in [3.05, 3.63) is 70.9 Å². The summed E-state index contributed by atoms with van der Waals surface area (Å²) in [6.45, 7) is 1.20. The molecule has 0 saturated heterocycles. The van der Waals surface area contributed by atoms with E-state index in [2.05, 4.69) is 12.1 Å². The van der Waals surface area contributed by atoms with Crippen molar-refractivity contribution in [1.82, 2.24) is 4.65 Å². The van der Waals surface area contributed by atoms with E-state index in [1.54, 1.807) is 0 Å². The van der Waals surface area contributed by atoms with Crippen LogP contribution in [0.25, 0.3) is 0 Å². The zero-order chi connectivity index (χ0) is 11.7. The SMILES string of the molecule is [O-][N+]1(c2ccccc2)CCc2ccccc2C1. The van der Waals surface area contributed by atoms with E-state index in [-0.39, 0.29) is 4.65 Å². The van der Waals surface area contributed by atoms with Gasteiger partial charge in [0.15, 0.2) is 0 Å². The fourth-order valence-corrected chi connectivity index (χ4v) is 2.53. The summed E-state index contributed by atoms with van der Waals surface area (Å²) in [5, 5.41) is 12.8. The summed E-state index contributed by atoms with van der Waals surface area (Å²) in [5.74, 6) is 0. The third kappa shape index (κ3) is 1.86. The Labute approximate surface area is 101 Å². The Morgan fingerprint density at radius 2 is 1.47 bits per heavy atom. The van der Waals surface area contributed by atoms with Gasteiger partial charge in [-0.1, -0.05) is 42.5 Å². The van der Waals surface area contributed by atoms with Crippen LogP contribution in [0.3, 0.4) is 0 Å². The summed E-state index contributed by atoms with van der Waals surface area (Å²) in [7, 11) is 0. The van der Waals surface area contributed by atoms with Crippen molar-refractivity contribution in [2.45, 2.75) is 13.0 Å². The lowest BCUT2D eigenvalue weighted by atomic mass is 9.99. The second-order valence-corrected chi connectivity index (χ2v) is 4.63. The van der Waals surface area contributed by atoms with Gasteiger partial charge in [-0.05, 0) is 17.7 Å². The molecular weight excluding hydrogens is 210 g/mol. The molecule has 2 aromatic rings. The third-order valence-electron chi connectivity index (χ3n) is 3.51. The highest BCUT2D eigenvalue weighted by atomic mass is 16.5. The number of nitrogens with zero attached hydrogens (tertiary/aromatic N) is 1. The van der Waals surface area contributed by atoms with Crippen LogP contribution < -0.4 is 4.65 Å². The predicted molar refractivity (Wildman–Crippen MR) is 70.3 cm³/mol. The van der Waals surface area contributed by atoms with E-state index >= 15 is 0 Å². The Kier molecular flexibility index (Phi) is 2.46. The lowest BCUT2D eigenvalue weighted by molar-refractivity contribution is 0.348. The maximum Gasteiger partial charge on any atom is 0.133 e. The van der Waals surface area contributed by atoms with E-state index in [0.717, 1.165) is 12.1 Å². The van der Waals surface area contributed by atoms with Gasteiger partial charge in [0.2, 0.25) is 0 Å². The summed E-state index contributed by atoms with van der Waals surface area (Å²) in [4.78, 5) is 0. The van der Waals surface area contributed by atoms with Gasteiger partial charge in [0.05, 0.1) is 6.54 Å². The number of benzene rings is 2. The Bertz CT molecular complexity index is 523. The molecule has 0 aliphatic carbocycles. The van der Waals surface area contributed by atoms with Crippen molar-refractivity contribution in [2.75, 3.05) is 6.54 Å². The molecule has 1 heterocycles. The van der Waals surface area contributed by atoms with Crippen LogP contribution in [0.15, 0.2) is 54.6 Å². The largest absolute Gasteiger partial charge is 0.627 e. The number of hydrogen-bond donors (Lipinski definition) is 0. The highest BCUT2D eigenvalue weighted by Crippen LogP contribution is 2.30. The first-order chi connectivity index (χ1) is 8.28. The first kappa shape index (κ1) is 10.5. The van der Waals surface area contributed by atoms with Crippen molar-refractivity contribution < 1.29 is 0 Å². The van der Waals surface area contributed by atoms with E-state index in [0.29, 0.717) is 13.1 Å². The highest BCUT2D eigenvalue weighted by Gasteiger charge is 2.26. The second-order valence-electron chi connectivity index (χ2n) is 4.63. The predicted octanol–water partition coefficient (Wildman–Crippen LogP) is 3.25. The van der Waals surface area contributed by atoms with Crippen molar-refractivity contribution in [3.63, 3.8) is 0 Å². The Morgan fingerprint density at radius 1 is 0.824 bits per heavy atom. The zero-order valence-corrected chi connectivity index (χ0v) is 9.67. The van der Waals surface area contributed by atoms with Crippen LogP contribution in [0.2, 0.25) is 0 Å². The Balaban J connectivity index is 1.98. The van der Waals surface area contributed by atoms with Gasteiger partial charge < -0.3 is 9.85 Å². The normalized spacial score (nSPS) is 23.1. The molecular formula is C15H15NO. The summed E-state index contributed by atoms with van der Waals surface area (Å²) < 4.78 is -0.224. The van der Waals surface area contributed by atoms with E-state index in [9.17, 15) is 5.21 Å². The van der Waals surface area contributed by atoms with Crippen molar-refractivity contribution >= 4 is 5.69 Å². The topological polar surface area (TPSA) is 23.1 Å². The standard InChI is InChI=1S/C15H15NO/c17-16(15-8-2-1-3-9-15)11-10-13-6-4-5-7-14(13)12-16/h1-9H,10-12H2. The Hall–Kier alpha value is -1.64.